The molecule has 7 nitrogen and oxygen atoms in total. The van der Waals surface area contributed by atoms with Crippen molar-refractivity contribution in [3.63, 3.8) is 0 Å². The molecule has 0 radical (unpaired) electrons. The molecule has 150 valence electrons. The predicted octanol–water partition coefficient (Wildman–Crippen LogP) is 2.51. The molecule has 1 aromatic carbocycles. The lowest BCUT2D eigenvalue weighted by atomic mass is 9.82. The minimum absolute atomic E-state index is 0.293. The first-order chi connectivity index (χ1) is 13.4. The standard InChI is InChI=1S/C21H26N2O5/c1-13(2)23-8-6-21(7-9-23)18(14(3)20(25)28-21)19(24)22-15-4-5-16-17(12-15)27-11-10-26-16/h4-5,12-13H,6-11H2,1-3H3,(H,22,24). The van der Waals surface area contributed by atoms with E-state index in [1.807, 2.05) is 0 Å². The molecule has 0 aromatic heterocycles. The zero-order chi connectivity index (χ0) is 19.9. The Morgan fingerprint density at radius 1 is 1.14 bits per heavy atom. The number of amides is 1. The molecule has 1 N–H and O–H groups in total. The van der Waals surface area contributed by atoms with Gasteiger partial charge in [0.15, 0.2) is 11.5 Å². The van der Waals surface area contributed by atoms with Gasteiger partial charge in [-0.15, -0.1) is 0 Å². The fourth-order valence-corrected chi connectivity index (χ4v) is 4.19. The molecule has 0 atom stereocenters. The number of likely N-dealkylation sites (tertiary alicyclic amines) is 1. The summed E-state index contributed by atoms with van der Waals surface area (Å²) in [5, 5.41) is 2.91. The van der Waals surface area contributed by atoms with Crippen LogP contribution in [-0.2, 0) is 14.3 Å². The first kappa shape index (κ1) is 18.8. The molecule has 4 rings (SSSR count). The molecule has 0 unspecified atom stereocenters. The van der Waals surface area contributed by atoms with Crippen molar-refractivity contribution in [3.05, 3.63) is 29.3 Å². The molecule has 0 bridgehead atoms. The van der Waals surface area contributed by atoms with Gasteiger partial charge in [-0.1, -0.05) is 0 Å². The van der Waals surface area contributed by atoms with Crippen LogP contribution in [-0.4, -0.2) is 54.7 Å². The molecule has 0 saturated carbocycles. The molecule has 1 aromatic rings. The van der Waals surface area contributed by atoms with Crippen molar-refractivity contribution >= 4 is 17.6 Å². The third kappa shape index (κ3) is 3.24. The summed E-state index contributed by atoms with van der Waals surface area (Å²) in [6.45, 7) is 8.54. The van der Waals surface area contributed by atoms with Crippen LogP contribution in [0.3, 0.4) is 0 Å². The van der Waals surface area contributed by atoms with Crippen LogP contribution in [0.15, 0.2) is 29.3 Å². The average Bonchev–Trinajstić information content (AvgIpc) is 2.91. The highest BCUT2D eigenvalue weighted by Crippen LogP contribution is 2.42. The van der Waals surface area contributed by atoms with E-state index in [4.69, 9.17) is 14.2 Å². The molecular formula is C21H26N2O5. The SMILES string of the molecule is CC1=C(C(=O)Nc2ccc3c(c2)OCCO3)C2(CCN(C(C)C)CC2)OC1=O. The summed E-state index contributed by atoms with van der Waals surface area (Å²) in [5.74, 6) is 0.577. The van der Waals surface area contributed by atoms with E-state index in [0.29, 0.717) is 60.4 Å². The lowest BCUT2D eigenvalue weighted by molar-refractivity contribution is -0.151. The molecule has 3 heterocycles. The van der Waals surface area contributed by atoms with Gasteiger partial charge in [0, 0.05) is 49.3 Å². The number of rotatable bonds is 3. The third-order valence-electron chi connectivity index (χ3n) is 5.79. The van der Waals surface area contributed by atoms with Crippen molar-refractivity contribution in [1.82, 2.24) is 4.90 Å². The number of hydrogen-bond acceptors (Lipinski definition) is 6. The molecule has 1 saturated heterocycles. The van der Waals surface area contributed by atoms with Gasteiger partial charge in [-0.25, -0.2) is 4.79 Å². The minimum Gasteiger partial charge on any atom is -0.486 e. The van der Waals surface area contributed by atoms with Crippen LogP contribution in [0.1, 0.15) is 33.6 Å². The Morgan fingerprint density at radius 3 is 2.50 bits per heavy atom. The largest absolute Gasteiger partial charge is 0.486 e. The molecule has 3 aliphatic heterocycles. The maximum Gasteiger partial charge on any atom is 0.335 e. The van der Waals surface area contributed by atoms with E-state index in [2.05, 4.69) is 24.1 Å². The molecular weight excluding hydrogens is 360 g/mol. The number of carbonyl (C=O) groups excluding carboxylic acids is 2. The second kappa shape index (κ2) is 7.13. The fraction of sp³-hybridized carbons (Fsp3) is 0.524. The highest BCUT2D eigenvalue weighted by Gasteiger charge is 2.51. The van der Waals surface area contributed by atoms with Crippen molar-refractivity contribution in [2.75, 3.05) is 31.6 Å². The van der Waals surface area contributed by atoms with E-state index in [-0.39, 0.29) is 5.91 Å². The molecule has 1 spiro atoms. The summed E-state index contributed by atoms with van der Waals surface area (Å²) in [4.78, 5) is 27.8. The summed E-state index contributed by atoms with van der Waals surface area (Å²) >= 11 is 0. The Kier molecular flexibility index (Phi) is 4.79. The number of nitrogens with one attached hydrogen (secondary N) is 1. The Labute approximate surface area is 164 Å². The monoisotopic (exact) mass is 386 g/mol. The third-order valence-corrected chi connectivity index (χ3v) is 5.79. The van der Waals surface area contributed by atoms with Crippen molar-refractivity contribution in [2.45, 2.75) is 45.3 Å². The second-order valence-corrected chi connectivity index (χ2v) is 7.83. The maximum atomic E-state index is 13.1. The number of esters is 1. The molecule has 0 aliphatic carbocycles. The van der Waals surface area contributed by atoms with Gasteiger partial charge in [0.2, 0.25) is 0 Å². The summed E-state index contributed by atoms with van der Waals surface area (Å²) in [5.41, 5.74) is 0.622. The first-order valence-corrected chi connectivity index (χ1v) is 9.79. The topological polar surface area (TPSA) is 77.1 Å². The van der Waals surface area contributed by atoms with Crippen LogP contribution in [0.5, 0.6) is 11.5 Å². The number of benzene rings is 1. The lowest BCUT2D eigenvalue weighted by Crippen LogP contribution is -2.49. The van der Waals surface area contributed by atoms with Crippen molar-refractivity contribution < 1.29 is 23.8 Å². The van der Waals surface area contributed by atoms with Gasteiger partial charge < -0.3 is 24.4 Å². The Balaban J connectivity index is 1.56. The van der Waals surface area contributed by atoms with E-state index >= 15 is 0 Å². The summed E-state index contributed by atoms with van der Waals surface area (Å²) in [6, 6.07) is 5.72. The highest BCUT2D eigenvalue weighted by molar-refractivity contribution is 6.12. The normalized spacial score (nSPS) is 21.2. The number of hydrogen-bond donors (Lipinski definition) is 1. The van der Waals surface area contributed by atoms with E-state index in [1.54, 1.807) is 25.1 Å². The number of fused-ring (bicyclic) bond motifs is 1. The van der Waals surface area contributed by atoms with Crippen LogP contribution >= 0.6 is 0 Å². The molecule has 1 fully saturated rings. The van der Waals surface area contributed by atoms with Gasteiger partial charge in [-0.3, -0.25) is 4.79 Å². The van der Waals surface area contributed by atoms with Crippen molar-refractivity contribution in [3.8, 4) is 11.5 Å². The van der Waals surface area contributed by atoms with Crippen LogP contribution in [0.25, 0.3) is 0 Å². The predicted molar refractivity (Wildman–Crippen MR) is 104 cm³/mol. The average molecular weight is 386 g/mol. The van der Waals surface area contributed by atoms with E-state index in [1.165, 1.54) is 0 Å². The molecule has 1 amide bonds. The van der Waals surface area contributed by atoms with Crippen molar-refractivity contribution in [2.24, 2.45) is 0 Å². The quantitative estimate of drug-likeness (QED) is 0.805. The molecule has 7 heteroatoms. The zero-order valence-electron chi connectivity index (χ0n) is 16.5. The van der Waals surface area contributed by atoms with Crippen LogP contribution in [0, 0.1) is 0 Å². The van der Waals surface area contributed by atoms with E-state index < -0.39 is 11.6 Å². The van der Waals surface area contributed by atoms with E-state index in [9.17, 15) is 9.59 Å². The van der Waals surface area contributed by atoms with Gasteiger partial charge in [-0.05, 0) is 32.9 Å². The minimum atomic E-state index is -0.829. The second-order valence-electron chi connectivity index (χ2n) is 7.83. The summed E-state index contributed by atoms with van der Waals surface area (Å²) in [7, 11) is 0. The summed E-state index contributed by atoms with van der Waals surface area (Å²) < 4.78 is 16.8. The van der Waals surface area contributed by atoms with Crippen LogP contribution in [0.2, 0.25) is 0 Å². The fourth-order valence-electron chi connectivity index (χ4n) is 4.19. The number of nitrogens with zero attached hydrogens (tertiary/aromatic N) is 1. The van der Waals surface area contributed by atoms with Crippen molar-refractivity contribution in [1.29, 1.82) is 0 Å². The number of anilines is 1. The van der Waals surface area contributed by atoms with Crippen LogP contribution < -0.4 is 14.8 Å². The van der Waals surface area contributed by atoms with Gasteiger partial charge >= 0.3 is 5.97 Å². The van der Waals surface area contributed by atoms with Gasteiger partial charge in [0.1, 0.15) is 18.8 Å². The smallest absolute Gasteiger partial charge is 0.335 e. The maximum absolute atomic E-state index is 13.1. The zero-order valence-corrected chi connectivity index (χ0v) is 16.5. The highest BCUT2D eigenvalue weighted by atomic mass is 16.6. The number of carbonyl (C=O) groups is 2. The number of ether oxygens (including phenoxy) is 3. The molecule has 28 heavy (non-hydrogen) atoms. The summed E-state index contributed by atoms with van der Waals surface area (Å²) in [6.07, 6.45) is 1.25. The lowest BCUT2D eigenvalue weighted by Gasteiger charge is -2.40. The Morgan fingerprint density at radius 2 is 1.82 bits per heavy atom. The van der Waals surface area contributed by atoms with Gasteiger partial charge in [0.25, 0.3) is 5.91 Å². The van der Waals surface area contributed by atoms with E-state index in [0.717, 1.165) is 13.1 Å². The van der Waals surface area contributed by atoms with Crippen LogP contribution in [0.4, 0.5) is 5.69 Å². The van der Waals surface area contributed by atoms with Gasteiger partial charge in [-0.2, -0.15) is 0 Å². The first-order valence-electron chi connectivity index (χ1n) is 9.79. The Hall–Kier alpha value is -2.54. The van der Waals surface area contributed by atoms with Gasteiger partial charge in [0.05, 0.1) is 5.57 Å². The Bertz CT molecular complexity index is 837. The molecule has 3 aliphatic rings. The number of piperidine rings is 1.